The van der Waals surface area contributed by atoms with Crippen molar-refractivity contribution in [2.45, 2.75) is 65.1 Å². The topological polar surface area (TPSA) is 86.1 Å². The summed E-state index contributed by atoms with van der Waals surface area (Å²) < 4.78 is 7.22. The number of aromatic nitrogens is 3. The number of carbonyl (C=O) groups is 2. The number of thioether (sulfide) groups is 1. The van der Waals surface area contributed by atoms with E-state index in [9.17, 15) is 9.59 Å². The van der Waals surface area contributed by atoms with Crippen molar-refractivity contribution in [3.8, 4) is 22.5 Å². The van der Waals surface area contributed by atoms with Crippen LogP contribution in [0, 0.1) is 19.8 Å². The monoisotopic (exact) mass is 594 g/mol. The predicted octanol–water partition coefficient (Wildman–Crippen LogP) is 7.58. The van der Waals surface area contributed by atoms with E-state index in [0.717, 1.165) is 40.9 Å². The Labute approximate surface area is 247 Å². The fourth-order valence-corrected chi connectivity index (χ4v) is 8.24. The summed E-state index contributed by atoms with van der Waals surface area (Å²) in [6.07, 6.45) is 3.38. The van der Waals surface area contributed by atoms with E-state index >= 15 is 0 Å². The number of nitrogens with zero attached hydrogens (tertiary/aromatic N) is 3. The molecule has 0 saturated heterocycles. The van der Waals surface area contributed by atoms with Gasteiger partial charge in [0.1, 0.15) is 10.6 Å². The summed E-state index contributed by atoms with van der Waals surface area (Å²) >= 11 is 4.50. The number of hydrogen-bond donors (Lipinski definition) is 1. The SMILES string of the molecule is COC(=O)c1c(-c2cc(C)ccc2C)csc1NC(=O)CSc1nnc(-c2csc3c2CCC(C)C3)n1C(C)C. The van der Waals surface area contributed by atoms with Gasteiger partial charge in [-0.15, -0.1) is 32.9 Å². The lowest BCUT2D eigenvalue weighted by Gasteiger charge is -2.19. The van der Waals surface area contributed by atoms with E-state index < -0.39 is 5.97 Å². The molecule has 1 unspecified atom stereocenters. The van der Waals surface area contributed by atoms with Crippen LogP contribution in [0.4, 0.5) is 5.00 Å². The minimum absolute atomic E-state index is 0.136. The van der Waals surface area contributed by atoms with E-state index in [1.54, 1.807) is 0 Å². The number of aryl methyl sites for hydroxylation is 2. The van der Waals surface area contributed by atoms with Crippen molar-refractivity contribution >= 4 is 51.3 Å². The van der Waals surface area contributed by atoms with Crippen LogP contribution < -0.4 is 5.32 Å². The van der Waals surface area contributed by atoms with Gasteiger partial charge in [-0.2, -0.15) is 0 Å². The fourth-order valence-electron chi connectivity index (χ4n) is 5.16. The van der Waals surface area contributed by atoms with Crippen LogP contribution in [0.15, 0.2) is 34.1 Å². The molecule has 40 heavy (non-hydrogen) atoms. The maximum Gasteiger partial charge on any atom is 0.341 e. The molecule has 0 bridgehead atoms. The molecule has 3 heterocycles. The van der Waals surface area contributed by atoms with Crippen molar-refractivity contribution in [2.75, 3.05) is 18.2 Å². The van der Waals surface area contributed by atoms with E-state index in [0.29, 0.717) is 21.6 Å². The lowest BCUT2D eigenvalue weighted by molar-refractivity contribution is -0.113. The standard InChI is InChI=1S/C30H34N4O3S3/c1-16(2)34-27(23-14-38-24-12-18(4)8-10-20(23)24)32-33-30(34)40-15-25(35)31-28-26(29(36)37-6)22(13-39-28)21-11-17(3)7-9-19(21)5/h7,9,11,13-14,16,18H,8,10,12,15H2,1-6H3,(H,31,35). The molecule has 3 aromatic heterocycles. The molecule has 1 aromatic carbocycles. The molecule has 10 heteroatoms. The lowest BCUT2D eigenvalue weighted by Crippen LogP contribution is -2.16. The molecule has 210 valence electrons. The normalized spacial score (nSPS) is 14.8. The van der Waals surface area contributed by atoms with Gasteiger partial charge in [0.25, 0.3) is 0 Å². The summed E-state index contributed by atoms with van der Waals surface area (Å²) in [5.41, 5.74) is 6.81. The van der Waals surface area contributed by atoms with Crippen molar-refractivity contribution < 1.29 is 14.3 Å². The van der Waals surface area contributed by atoms with E-state index in [1.807, 2.05) is 48.8 Å². The zero-order valence-corrected chi connectivity index (χ0v) is 26.1. The first-order valence-corrected chi connectivity index (χ1v) is 16.2. The first-order valence-electron chi connectivity index (χ1n) is 13.4. The molecule has 0 aliphatic heterocycles. The highest BCUT2D eigenvalue weighted by Gasteiger charge is 2.27. The molecular formula is C30H34N4O3S3. The van der Waals surface area contributed by atoms with E-state index in [4.69, 9.17) is 4.74 Å². The van der Waals surface area contributed by atoms with Crippen LogP contribution in [0.25, 0.3) is 22.5 Å². The smallest absolute Gasteiger partial charge is 0.341 e. The quantitative estimate of drug-likeness (QED) is 0.167. The Bertz CT molecular complexity index is 1570. The Hall–Kier alpha value is -2.95. The van der Waals surface area contributed by atoms with Gasteiger partial charge in [0.2, 0.25) is 5.91 Å². The van der Waals surface area contributed by atoms with Crippen molar-refractivity contribution in [1.29, 1.82) is 0 Å². The zero-order valence-electron chi connectivity index (χ0n) is 23.7. The number of carbonyl (C=O) groups excluding carboxylic acids is 2. The Balaban J connectivity index is 1.36. The zero-order chi connectivity index (χ0) is 28.6. The minimum Gasteiger partial charge on any atom is -0.465 e. The molecule has 4 aromatic rings. The molecule has 0 saturated carbocycles. The third-order valence-electron chi connectivity index (χ3n) is 7.27. The fraction of sp³-hybridized carbons (Fsp3) is 0.400. The van der Waals surface area contributed by atoms with Gasteiger partial charge in [-0.05, 0) is 69.6 Å². The summed E-state index contributed by atoms with van der Waals surface area (Å²) in [7, 11) is 1.36. The predicted molar refractivity (Wildman–Crippen MR) is 165 cm³/mol. The van der Waals surface area contributed by atoms with Crippen LogP contribution in [0.3, 0.4) is 0 Å². The third kappa shape index (κ3) is 5.62. The number of nitrogens with one attached hydrogen (secondary N) is 1. The molecule has 0 radical (unpaired) electrons. The number of benzene rings is 1. The van der Waals surface area contributed by atoms with Crippen molar-refractivity contribution in [3.05, 3.63) is 56.1 Å². The number of rotatable bonds is 8. The second kappa shape index (κ2) is 11.9. The molecule has 0 spiro atoms. The van der Waals surface area contributed by atoms with E-state index in [-0.39, 0.29) is 17.7 Å². The second-order valence-electron chi connectivity index (χ2n) is 10.7. The Morgan fingerprint density at radius 3 is 2.67 bits per heavy atom. The molecule has 1 N–H and O–H groups in total. The first-order chi connectivity index (χ1) is 19.2. The van der Waals surface area contributed by atoms with E-state index in [2.05, 4.69) is 46.2 Å². The van der Waals surface area contributed by atoms with Crippen molar-refractivity contribution in [3.63, 3.8) is 0 Å². The molecule has 0 fully saturated rings. The average molecular weight is 595 g/mol. The van der Waals surface area contributed by atoms with Gasteiger partial charge in [0, 0.05) is 32.8 Å². The molecule has 5 rings (SSSR count). The van der Waals surface area contributed by atoms with Gasteiger partial charge in [-0.3, -0.25) is 9.36 Å². The number of fused-ring (bicyclic) bond motifs is 1. The second-order valence-corrected chi connectivity index (χ2v) is 13.5. The Kier molecular flexibility index (Phi) is 8.49. The summed E-state index contributed by atoms with van der Waals surface area (Å²) in [4.78, 5) is 27.4. The number of thiophene rings is 2. The molecule has 1 aliphatic rings. The number of ether oxygens (including phenoxy) is 1. The van der Waals surface area contributed by atoms with E-state index in [1.165, 1.54) is 52.6 Å². The number of anilines is 1. The van der Waals surface area contributed by atoms with Crippen LogP contribution in [-0.2, 0) is 22.4 Å². The number of amides is 1. The highest BCUT2D eigenvalue weighted by molar-refractivity contribution is 7.99. The van der Waals surface area contributed by atoms with Crippen LogP contribution in [0.2, 0.25) is 0 Å². The molecule has 1 amide bonds. The van der Waals surface area contributed by atoms with Gasteiger partial charge < -0.3 is 10.1 Å². The van der Waals surface area contributed by atoms with Crippen LogP contribution in [0.1, 0.15) is 65.2 Å². The van der Waals surface area contributed by atoms with Gasteiger partial charge in [-0.1, -0.05) is 42.4 Å². The van der Waals surface area contributed by atoms with Gasteiger partial charge in [0.15, 0.2) is 11.0 Å². The first kappa shape index (κ1) is 28.6. The lowest BCUT2D eigenvalue weighted by atomic mass is 9.88. The molecule has 1 aliphatic carbocycles. The van der Waals surface area contributed by atoms with Crippen LogP contribution in [-0.4, -0.2) is 39.5 Å². The van der Waals surface area contributed by atoms with Crippen molar-refractivity contribution in [2.24, 2.45) is 5.92 Å². The number of esters is 1. The summed E-state index contributed by atoms with van der Waals surface area (Å²) in [5, 5.41) is 17.3. The minimum atomic E-state index is -0.474. The highest BCUT2D eigenvalue weighted by Crippen LogP contribution is 2.40. The largest absolute Gasteiger partial charge is 0.465 e. The van der Waals surface area contributed by atoms with Crippen LogP contribution >= 0.6 is 34.4 Å². The van der Waals surface area contributed by atoms with Gasteiger partial charge in [0.05, 0.1) is 12.9 Å². The Morgan fingerprint density at radius 1 is 1.15 bits per heavy atom. The number of methoxy groups -OCH3 is 1. The number of hydrogen-bond acceptors (Lipinski definition) is 8. The van der Waals surface area contributed by atoms with Gasteiger partial charge in [-0.25, -0.2) is 4.79 Å². The maximum absolute atomic E-state index is 13.1. The van der Waals surface area contributed by atoms with Crippen LogP contribution in [0.5, 0.6) is 0 Å². The third-order valence-corrected chi connectivity index (χ3v) is 10.2. The summed E-state index contributed by atoms with van der Waals surface area (Å²) in [5.74, 6) is 1.03. The maximum atomic E-state index is 13.1. The summed E-state index contributed by atoms with van der Waals surface area (Å²) in [6.45, 7) is 10.6. The van der Waals surface area contributed by atoms with Crippen molar-refractivity contribution in [1.82, 2.24) is 14.8 Å². The molecular weight excluding hydrogens is 561 g/mol. The van der Waals surface area contributed by atoms with Gasteiger partial charge >= 0.3 is 5.97 Å². The average Bonchev–Trinajstić information content (AvgIpc) is 3.64. The summed E-state index contributed by atoms with van der Waals surface area (Å²) in [6, 6.07) is 6.26. The highest BCUT2D eigenvalue weighted by atomic mass is 32.2. The Morgan fingerprint density at radius 2 is 1.93 bits per heavy atom. The molecule has 1 atom stereocenters. The molecule has 7 nitrogen and oxygen atoms in total.